The van der Waals surface area contributed by atoms with Crippen molar-refractivity contribution >= 4 is 18.6 Å². The molecule has 0 rings (SSSR count). The summed E-state index contributed by atoms with van der Waals surface area (Å²) in [7, 11) is 0. The Morgan fingerprint density at radius 2 is 1.29 bits per heavy atom. The average molecular weight is 357 g/mol. The lowest BCUT2D eigenvalue weighted by Crippen LogP contribution is -2.06. The van der Waals surface area contributed by atoms with E-state index >= 15 is 0 Å². The van der Waals surface area contributed by atoms with E-state index in [1.54, 1.807) is 0 Å². The molecule has 0 atom stereocenters. The molecular formula is C21H40O2S. The molecule has 0 saturated carbocycles. The lowest BCUT2D eigenvalue weighted by molar-refractivity contribution is -0.143. The number of allylic oxidation sites excluding steroid dienone is 2. The Kier molecular flexibility index (Phi) is 20.2. The van der Waals surface area contributed by atoms with Gasteiger partial charge in [-0.3, -0.25) is 4.79 Å². The van der Waals surface area contributed by atoms with Crippen LogP contribution in [0.25, 0.3) is 0 Å². The Hall–Kier alpha value is -0.440. The van der Waals surface area contributed by atoms with Crippen LogP contribution in [0, 0.1) is 0 Å². The minimum Gasteiger partial charge on any atom is -0.466 e. The van der Waals surface area contributed by atoms with Crippen LogP contribution in [0.4, 0.5) is 0 Å². The van der Waals surface area contributed by atoms with Crippen molar-refractivity contribution < 1.29 is 9.53 Å². The van der Waals surface area contributed by atoms with Crippen molar-refractivity contribution in [3.63, 3.8) is 0 Å². The van der Waals surface area contributed by atoms with Gasteiger partial charge in [-0.1, -0.05) is 76.9 Å². The Labute approximate surface area is 156 Å². The first-order chi connectivity index (χ1) is 11.8. The van der Waals surface area contributed by atoms with Gasteiger partial charge in [0.15, 0.2) is 0 Å². The maximum absolute atomic E-state index is 11.1. The maximum Gasteiger partial charge on any atom is 0.306 e. The molecule has 0 radical (unpaired) electrons. The van der Waals surface area contributed by atoms with Crippen molar-refractivity contribution in [1.29, 1.82) is 0 Å². The second-order valence-electron chi connectivity index (χ2n) is 6.63. The summed E-state index contributed by atoms with van der Waals surface area (Å²) in [5, 5.41) is 0. The van der Waals surface area contributed by atoms with Gasteiger partial charge in [0.1, 0.15) is 0 Å². The van der Waals surface area contributed by atoms with E-state index in [1.165, 1.54) is 83.5 Å². The van der Waals surface area contributed by atoms with E-state index in [4.69, 9.17) is 4.74 Å². The van der Waals surface area contributed by atoms with Gasteiger partial charge < -0.3 is 4.74 Å². The molecule has 142 valence electrons. The molecule has 0 saturated heterocycles. The minimum absolute atomic E-state index is 0.113. The highest BCUT2D eigenvalue weighted by Crippen LogP contribution is 2.10. The molecule has 0 aromatic heterocycles. The fourth-order valence-corrected chi connectivity index (χ4v) is 2.88. The fraction of sp³-hybridized carbons (Fsp3) is 0.857. The Balaban J connectivity index is 3.11. The summed E-state index contributed by atoms with van der Waals surface area (Å²) in [6.07, 6.45) is 23.3. The minimum atomic E-state index is -0.113. The highest BCUT2D eigenvalue weighted by molar-refractivity contribution is 7.80. The molecule has 0 aromatic rings. The molecule has 24 heavy (non-hydrogen) atoms. The van der Waals surface area contributed by atoms with E-state index < -0.39 is 0 Å². The number of carbonyl (C=O) groups excluding carboxylic acids is 1. The lowest BCUT2D eigenvalue weighted by Gasteiger charge is -2.03. The van der Waals surface area contributed by atoms with Crippen LogP contribution in [0.3, 0.4) is 0 Å². The van der Waals surface area contributed by atoms with Crippen LogP contribution in [0.2, 0.25) is 0 Å². The van der Waals surface area contributed by atoms with Gasteiger partial charge in [0, 0.05) is 5.75 Å². The second-order valence-corrected chi connectivity index (χ2v) is 7.08. The molecule has 0 bridgehead atoms. The van der Waals surface area contributed by atoms with Crippen molar-refractivity contribution in [3.05, 3.63) is 12.2 Å². The molecule has 0 aliphatic rings. The molecule has 0 N–H and O–H groups in total. The summed E-state index contributed by atoms with van der Waals surface area (Å²) >= 11 is 4.01. The Morgan fingerprint density at radius 3 is 1.83 bits per heavy atom. The Morgan fingerprint density at radius 1 is 0.792 bits per heavy atom. The third-order valence-corrected chi connectivity index (χ3v) is 4.46. The number of rotatable bonds is 18. The van der Waals surface area contributed by atoms with Gasteiger partial charge in [-0.15, -0.1) is 0 Å². The van der Waals surface area contributed by atoms with Crippen LogP contribution in [0.1, 0.15) is 103 Å². The molecule has 0 spiro atoms. The van der Waals surface area contributed by atoms with E-state index in [2.05, 4.69) is 31.7 Å². The topological polar surface area (TPSA) is 26.3 Å². The van der Waals surface area contributed by atoms with Crippen molar-refractivity contribution in [2.75, 3.05) is 12.4 Å². The molecular weight excluding hydrogens is 316 g/mol. The van der Waals surface area contributed by atoms with Gasteiger partial charge >= 0.3 is 5.97 Å². The van der Waals surface area contributed by atoms with E-state index in [-0.39, 0.29) is 5.97 Å². The van der Waals surface area contributed by atoms with Gasteiger partial charge in [0.05, 0.1) is 13.0 Å². The molecule has 0 fully saturated rings. The molecule has 0 unspecified atom stereocenters. The number of carbonyl (C=O) groups is 1. The SMILES string of the molecule is CCCCCCCCC=CCCCCCCCCOC(=O)CCS. The third kappa shape index (κ3) is 19.6. The largest absolute Gasteiger partial charge is 0.466 e. The smallest absolute Gasteiger partial charge is 0.306 e. The van der Waals surface area contributed by atoms with Crippen molar-refractivity contribution in [1.82, 2.24) is 0 Å². The normalized spacial score (nSPS) is 11.2. The van der Waals surface area contributed by atoms with Crippen LogP contribution in [-0.4, -0.2) is 18.3 Å². The van der Waals surface area contributed by atoms with Crippen LogP contribution in [0.5, 0.6) is 0 Å². The second kappa shape index (κ2) is 20.6. The first-order valence-electron chi connectivity index (χ1n) is 10.2. The summed E-state index contributed by atoms with van der Waals surface area (Å²) in [6, 6.07) is 0. The molecule has 0 aliphatic heterocycles. The third-order valence-electron chi connectivity index (χ3n) is 4.24. The lowest BCUT2D eigenvalue weighted by atomic mass is 10.1. The first kappa shape index (κ1) is 23.6. The zero-order valence-electron chi connectivity index (χ0n) is 15.9. The van der Waals surface area contributed by atoms with E-state index in [1.807, 2.05) is 0 Å². The average Bonchev–Trinajstić information content (AvgIpc) is 2.58. The number of thiol groups is 1. The fourth-order valence-electron chi connectivity index (χ4n) is 2.70. The highest BCUT2D eigenvalue weighted by Gasteiger charge is 1.99. The van der Waals surface area contributed by atoms with Gasteiger partial charge in [-0.25, -0.2) is 0 Å². The van der Waals surface area contributed by atoms with Crippen LogP contribution in [0.15, 0.2) is 12.2 Å². The van der Waals surface area contributed by atoms with E-state index in [0.29, 0.717) is 18.8 Å². The van der Waals surface area contributed by atoms with Crippen LogP contribution < -0.4 is 0 Å². The molecule has 0 amide bonds. The first-order valence-corrected chi connectivity index (χ1v) is 10.9. The summed E-state index contributed by atoms with van der Waals surface area (Å²) in [5.74, 6) is 0.462. The standard InChI is InChI=1S/C21H40O2S/c1-2-3-4-5-6-7-8-9-10-11-12-13-14-15-16-17-19-23-21(22)18-20-24/h9-10,24H,2-8,11-20H2,1H3. The summed E-state index contributed by atoms with van der Waals surface area (Å²) in [4.78, 5) is 11.1. The van der Waals surface area contributed by atoms with Gasteiger partial charge in [0.2, 0.25) is 0 Å². The molecule has 0 aromatic carbocycles. The predicted octanol–water partition coefficient (Wildman–Crippen LogP) is 6.89. The summed E-state index contributed by atoms with van der Waals surface area (Å²) in [5.41, 5.74) is 0. The van der Waals surface area contributed by atoms with Gasteiger partial charge in [0.25, 0.3) is 0 Å². The van der Waals surface area contributed by atoms with Crippen LogP contribution >= 0.6 is 12.6 Å². The highest BCUT2D eigenvalue weighted by atomic mass is 32.1. The maximum atomic E-state index is 11.1. The van der Waals surface area contributed by atoms with Gasteiger partial charge in [-0.2, -0.15) is 12.6 Å². The predicted molar refractivity (Wildman–Crippen MR) is 109 cm³/mol. The zero-order chi connectivity index (χ0) is 17.7. The molecule has 3 heteroatoms. The number of esters is 1. The Bertz CT molecular complexity index is 290. The van der Waals surface area contributed by atoms with Crippen molar-refractivity contribution in [3.8, 4) is 0 Å². The zero-order valence-corrected chi connectivity index (χ0v) is 16.8. The van der Waals surface area contributed by atoms with Crippen LogP contribution in [-0.2, 0) is 9.53 Å². The number of ether oxygens (including phenoxy) is 1. The summed E-state index contributed by atoms with van der Waals surface area (Å²) in [6.45, 7) is 2.85. The molecule has 2 nitrogen and oxygen atoms in total. The number of hydrogen-bond acceptors (Lipinski definition) is 3. The van der Waals surface area contributed by atoms with Gasteiger partial charge in [-0.05, 0) is 32.1 Å². The number of hydrogen-bond donors (Lipinski definition) is 1. The summed E-state index contributed by atoms with van der Waals surface area (Å²) < 4.78 is 5.10. The molecule has 0 heterocycles. The quantitative estimate of drug-likeness (QED) is 0.125. The monoisotopic (exact) mass is 356 g/mol. The molecule has 0 aliphatic carbocycles. The van der Waals surface area contributed by atoms with Crippen molar-refractivity contribution in [2.45, 2.75) is 103 Å². The van der Waals surface area contributed by atoms with Crippen molar-refractivity contribution in [2.24, 2.45) is 0 Å². The van der Waals surface area contributed by atoms with E-state index in [9.17, 15) is 4.79 Å². The number of unbranched alkanes of at least 4 members (excludes halogenated alkanes) is 12. The van der Waals surface area contributed by atoms with E-state index in [0.717, 1.165) is 6.42 Å².